The average Bonchev–Trinajstić information content (AvgIpc) is 3.05. The third-order valence-corrected chi connectivity index (χ3v) is 5.61. The van der Waals surface area contributed by atoms with Crippen LogP contribution in [0.5, 0.6) is 5.75 Å². The molecule has 1 heterocycles. The number of hydrogen-bond donors (Lipinski definition) is 0. The van der Waals surface area contributed by atoms with Gasteiger partial charge in [-0.05, 0) is 50.8 Å². The second-order valence-corrected chi connectivity index (χ2v) is 7.80. The van der Waals surface area contributed by atoms with Gasteiger partial charge in [0.1, 0.15) is 28.9 Å². The minimum absolute atomic E-state index is 0.130. The molecule has 0 bridgehead atoms. The Morgan fingerprint density at radius 1 is 1.07 bits per heavy atom. The van der Waals surface area contributed by atoms with Crippen molar-refractivity contribution in [1.82, 2.24) is 4.65 Å². The van der Waals surface area contributed by atoms with Gasteiger partial charge in [0, 0.05) is 29.8 Å². The summed E-state index contributed by atoms with van der Waals surface area (Å²) in [6.07, 6.45) is 8.68. The van der Waals surface area contributed by atoms with Crippen LogP contribution >= 0.6 is 0 Å². The maximum atomic E-state index is 13.3. The minimum atomic E-state index is -0.628. The number of benzene rings is 2. The van der Waals surface area contributed by atoms with E-state index in [4.69, 9.17) is 9.47 Å². The fourth-order valence-electron chi connectivity index (χ4n) is 4.03. The Hall–Kier alpha value is -2.63. The monoisotopic (exact) mass is 379 g/mol. The molecule has 5 nitrogen and oxygen atoms in total. The fourth-order valence-corrected chi connectivity index (χ4v) is 4.03. The van der Waals surface area contributed by atoms with E-state index < -0.39 is 4.65 Å². The second kappa shape index (κ2) is 7.41. The topological polar surface area (TPSA) is 58.6 Å². The molecule has 2 aliphatic rings. The molecule has 0 spiro atoms. The molecular formula is C23H25NO4. The SMILES string of the molecule is CC1(OC(=O)COc2ccc([N+]3([O-])C=Cc4ccccc43)cc2)CCCCC1. The average molecular weight is 379 g/mol. The number of nitrogens with zero attached hydrogens (tertiary/aromatic N) is 1. The van der Waals surface area contributed by atoms with Gasteiger partial charge in [-0.2, -0.15) is 0 Å². The van der Waals surface area contributed by atoms with Crippen LogP contribution in [-0.2, 0) is 9.53 Å². The van der Waals surface area contributed by atoms with Gasteiger partial charge in [0.25, 0.3) is 0 Å². The van der Waals surface area contributed by atoms with Gasteiger partial charge in [0.05, 0.1) is 0 Å². The fraction of sp³-hybridized carbons (Fsp3) is 0.348. The van der Waals surface area contributed by atoms with E-state index in [1.54, 1.807) is 30.5 Å². The molecule has 1 unspecified atom stereocenters. The van der Waals surface area contributed by atoms with Crippen molar-refractivity contribution in [2.75, 3.05) is 6.61 Å². The molecule has 1 aliphatic heterocycles. The molecular weight excluding hydrogens is 354 g/mol. The normalized spacial score (nSPS) is 22.5. The summed E-state index contributed by atoms with van der Waals surface area (Å²) in [5.74, 6) is 0.190. The number of carbonyl (C=O) groups excluding carboxylic acids is 1. The predicted octanol–water partition coefficient (Wildman–Crippen LogP) is 5.45. The first-order valence-corrected chi connectivity index (χ1v) is 9.82. The Kier molecular flexibility index (Phi) is 4.96. The molecule has 0 saturated heterocycles. The second-order valence-electron chi connectivity index (χ2n) is 7.80. The molecule has 0 aromatic heterocycles. The molecule has 1 atom stereocenters. The minimum Gasteiger partial charge on any atom is -0.617 e. The lowest BCUT2D eigenvalue weighted by Gasteiger charge is -2.35. The van der Waals surface area contributed by atoms with Gasteiger partial charge in [-0.1, -0.05) is 18.6 Å². The van der Waals surface area contributed by atoms with Gasteiger partial charge in [0.15, 0.2) is 6.61 Å². The van der Waals surface area contributed by atoms with Crippen molar-refractivity contribution in [3.63, 3.8) is 0 Å². The molecule has 0 radical (unpaired) electrons. The predicted molar refractivity (Wildman–Crippen MR) is 110 cm³/mol. The molecule has 0 amide bonds. The number of carbonyl (C=O) groups is 1. The van der Waals surface area contributed by atoms with E-state index in [0.717, 1.165) is 31.2 Å². The summed E-state index contributed by atoms with van der Waals surface area (Å²) < 4.78 is 10.6. The molecule has 4 rings (SSSR count). The lowest BCUT2D eigenvalue weighted by atomic mass is 9.86. The number of quaternary nitrogens is 1. The summed E-state index contributed by atoms with van der Waals surface area (Å²) in [6, 6.07) is 14.5. The molecule has 1 aliphatic carbocycles. The van der Waals surface area contributed by atoms with E-state index >= 15 is 0 Å². The number of rotatable bonds is 5. The van der Waals surface area contributed by atoms with Crippen molar-refractivity contribution >= 4 is 23.4 Å². The molecule has 1 saturated carbocycles. The number of esters is 1. The van der Waals surface area contributed by atoms with Crippen LogP contribution in [0.2, 0.25) is 0 Å². The quantitative estimate of drug-likeness (QED) is 0.394. The highest BCUT2D eigenvalue weighted by molar-refractivity contribution is 5.79. The summed E-state index contributed by atoms with van der Waals surface area (Å²) in [7, 11) is 0. The zero-order valence-corrected chi connectivity index (χ0v) is 16.1. The zero-order chi connectivity index (χ0) is 19.6. The van der Waals surface area contributed by atoms with E-state index in [9.17, 15) is 10.0 Å². The van der Waals surface area contributed by atoms with E-state index in [2.05, 4.69) is 0 Å². The van der Waals surface area contributed by atoms with Crippen LogP contribution in [0.25, 0.3) is 6.08 Å². The number of fused-ring (bicyclic) bond motifs is 1. The third kappa shape index (κ3) is 3.68. The van der Waals surface area contributed by atoms with Crippen LogP contribution in [0, 0.1) is 5.21 Å². The molecule has 28 heavy (non-hydrogen) atoms. The van der Waals surface area contributed by atoms with Gasteiger partial charge < -0.3 is 14.7 Å². The summed E-state index contributed by atoms with van der Waals surface area (Å²) in [4.78, 5) is 12.1. The van der Waals surface area contributed by atoms with Gasteiger partial charge in [-0.3, -0.25) is 4.65 Å². The van der Waals surface area contributed by atoms with Crippen molar-refractivity contribution < 1.29 is 14.3 Å². The number of ether oxygens (including phenoxy) is 2. The maximum Gasteiger partial charge on any atom is 0.344 e. The highest BCUT2D eigenvalue weighted by Gasteiger charge is 2.31. The van der Waals surface area contributed by atoms with E-state index in [1.165, 1.54) is 6.42 Å². The molecule has 1 fully saturated rings. The van der Waals surface area contributed by atoms with Crippen LogP contribution in [0.1, 0.15) is 44.6 Å². The summed E-state index contributed by atoms with van der Waals surface area (Å²) in [5.41, 5.74) is 1.85. The third-order valence-electron chi connectivity index (χ3n) is 5.61. The Balaban J connectivity index is 1.38. The number of hydrogen-bond acceptors (Lipinski definition) is 4. The van der Waals surface area contributed by atoms with Gasteiger partial charge in [0.2, 0.25) is 0 Å². The lowest BCUT2D eigenvalue weighted by Crippen LogP contribution is -2.35. The highest BCUT2D eigenvalue weighted by Crippen LogP contribution is 2.42. The van der Waals surface area contributed by atoms with Crippen LogP contribution in [0.4, 0.5) is 11.4 Å². The standard InChI is InChI=1S/C23H25NO4/c1-23(14-5-2-6-15-23)28-22(25)17-27-20-11-9-19(10-12-20)24(26)16-13-18-7-3-4-8-21(18)24/h3-4,7-13,16H,2,5-6,14-15,17H2,1H3. The van der Waals surface area contributed by atoms with E-state index in [0.29, 0.717) is 17.1 Å². The molecule has 146 valence electrons. The van der Waals surface area contributed by atoms with Crippen LogP contribution in [-0.4, -0.2) is 18.2 Å². The lowest BCUT2D eigenvalue weighted by molar-refractivity contribution is -0.163. The first kappa shape index (κ1) is 18.7. The Bertz CT molecular complexity index is 884. The zero-order valence-electron chi connectivity index (χ0n) is 16.1. The first-order valence-electron chi connectivity index (χ1n) is 9.82. The van der Waals surface area contributed by atoms with Crippen molar-refractivity contribution in [2.24, 2.45) is 0 Å². The molecule has 0 N–H and O–H groups in total. The molecule has 2 aromatic carbocycles. The highest BCUT2D eigenvalue weighted by atomic mass is 16.6. The maximum absolute atomic E-state index is 13.3. The molecule has 2 aromatic rings. The van der Waals surface area contributed by atoms with Crippen molar-refractivity contribution in [3.05, 3.63) is 65.5 Å². The Morgan fingerprint density at radius 3 is 2.54 bits per heavy atom. The van der Waals surface area contributed by atoms with E-state index in [1.807, 2.05) is 37.3 Å². The van der Waals surface area contributed by atoms with Crippen LogP contribution in [0.3, 0.4) is 0 Å². The van der Waals surface area contributed by atoms with Crippen LogP contribution < -0.4 is 9.38 Å². The van der Waals surface area contributed by atoms with Gasteiger partial charge in [-0.15, -0.1) is 0 Å². The van der Waals surface area contributed by atoms with Crippen LogP contribution in [0.15, 0.2) is 54.7 Å². The van der Waals surface area contributed by atoms with Crippen molar-refractivity contribution in [2.45, 2.75) is 44.6 Å². The molecule has 5 heteroatoms. The number of para-hydroxylation sites is 1. The summed E-state index contributed by atoms with van der Waals surface area (Å²) in [6.45, 7) is 1.87. The summed E-state index contributed by atoms with van der Waals surface area (Å²) in [5, 5.41) is 13.3. The van der Waals surface area contributed by atoms with E-state index in [-0.39, 0.29) is 18.2 Å². The Morgan fingerprint density at radius 2 is 1.79 bits per heavy atom. The smallest absolute Gasteiger partial charge is 0.344 e. The van der Waals surface area contributed by atoms with Crippen molar-refractivity contribution in [1.29, 1.82) is 0 Å². The van der Waals surface area contributed by atoms with Gasteiger partial charge in [-0.25, -0.2) is 4.79 Å². The largest absolute Gasteiger partial charge is 0.617 e. The Labute approximate surface area is 165 Å². The number of hydroxylamine groups is 1. The summed E-state index contributed by atoms with van der Waals surface area (Å²) >= 11 is 0. The van der Waals surface area contributed by atoms with Gasteiger partial charge >= 0.3 is 5.97 Å². The van der Waals surface area contributed by atoms with Crippen molar-refractivity contribution in [3.8, 4) is 5.75 Å². The first-order chi connectivity index (χ1) is 13.5.